The number of carboxylic acid groups (broad SMARTS) is 1. The Bertz CT molecular complexity index is 1310. The number of carbonyl (C=O) groups excluding carboxylic acids is 2. The van der Waals surface area contributed by atoms with Crippen molar-refractivity contribution < 1.29 is 28.9 Å². The number of aliphatic carboxylic acids is 1. The molecule has 3 aliphatic rings. The summed E-state index contributed by atoms with van der Waals surface area (Å²) in [7, 11) is 1.30. The zero-order chi connectivity index (χ0) is 25.4. The number of nitrogens with one attached hydrogen (secondary N) is 1. The molecule has 2 aromatic heterocycles. The molecule has 2 atom stereocenters. The summed E-state index contributed by atoms with van der Waals surface area (Å²) in [5, 5.41) is 17.7. The summed E-state index contributed by atoms with van der Waals surface area (Å²) in [6.07, 6.45) is 6.20. The van der Waals surface area contributed by atoms with Gasteiger partial charge in [-0.15, -0.1) is 23.1 Å². The Morgan fingerprint density at radius 3 is 2.92 bits per heavy atom. The number of rotatable bonds is 7. The van der Waals surface area contributed by atoms with Crippen LogP contribution in [0.1, 0.15) is 29.8 Å². The van der Waals surface area contributed by atoms with Gasteiger partial charge in [-0.2, -0.15) is 4.57 Å². The number of hydrogen-bond donors (Lipinski definition) is 3. The molecule has 0 unspecified atom stereocenters. The Morgan fingerprint density at radius 2 is 2.19 bits per heavy atom. The number of oxime groups is 1. The number of pyridine rings is 1. The van der Waals surface area contributed by atoms with Gasteiger partial charge in [0.05, 0.1) is 0 Å². The molecule has 0 radical (unpaired) electrons. The van der Waals surface area contributed by atoms with Crippen molar-refractivity contribution in [1.82, 2.24) is 15.2 Å². The lowest BCUT2D eigenvalue weighted by atomic mass is 9.95. The minimum atomic E-state index is -1.15. The van der Waals surface area contributed by atoms with Crippen molar-refractivity contribution in [1.29, 1.82) is 0 Å². The molecule has 0 bridgehead atoms. The number of aromatic nitrogens is 2. The number of amides is 2. The lowest BCUT2D eigenvalue weighted by molar-refractivity contribution is -0.697. The number of β-lactam (4-membered cyclic amide) rings is 1. The Hall–Kier alpha value is -3.45. The molecule has 36 heavy (non-hydrogen) atoms. The number of thiazole rings is 1. The Morgan fingerprint density at radius 1 is 1.39 bits per heavy atom. The first-order valence-corrected chi connectivity index (χ1v) is 13.4. The van der Waals surface area contributed by atoms with E-state index in [1.807, 2.05) is 12.3 Å². The molecule has 1 aliphatic carbocycles. The third kappa shape index (κ3) is 4.32. The average molecular weight is 530 g/mol. The molecule has 0 saturated carbocycles. The molecule has 11 nitrogen and oxygen atoms in total. The highest BCUT2D eigenvalue weighted by Gasteiger charge is 2.55. The number of nitrogens with two attached hydrogens (primary N) is 1. The van der Waals surface area contributed by atoms with Crippen LogP contribution < -0.4 is 15.6 Å². The summed E-state index contributed by atoms with van der Waals surface area (Å²) in [5.74, 6) is -1.86. The van der Waals surface area contributed by atoms with Gasteiger partial charge in [0.2, 0.25) is 0 Å². The third-order valence-electron chi connectivity index (χ3n) is 6.45. The van der Waals surface area contributed by atoms with Crippen molar-refractivity contribution in [3.63, 3.8) is 0 Å². The van der Waals surface area contributed by atoms with E-state index in [1.165, 1.54) is 35.0 Å². The largest absolute Gasteiger partial charge is 0.477 e. The molecule has 1 fully saturated rings. The Labute approximate surface area is 215 Å². The second-order valence-electron chi connectivity index (χ2n) is 8.63. The van der Waals surface area contributed by atoms with E-state index >= 15 is 0 Å². The molecule has 2 aliphatic heterocycles. The van der Waals surface area contributed by atoms with E-state index in [0.29, 0.717) is 17.9 Å². The molecule has 13 heteroatoms. The van der Waals surface area contributed by atoms with Crippen LogP contribution in [0.25, 0.3) is 0 Å². The van der Waals surface area contributed by atoms with Gasteiger partial charge in [0.1, 0.15) is 29.9 Å². The molecular formula is C23H25N6O5S2+. The standard InChI is InChI=1S/C23H24N6O5S2/c1-34-27-16(14-11-36-23(24)25-14)19(30)26-17-20(31)29-18(22(32)33)13(10-35-21(17)29)9-28-8-4-6-12-5-2-3-7-15(12)28/h4,6,8,11,17,21H,2-3,5,7,9-10H2,1H3,(H3-,24,25,26,30,32,33)/p+1/b27-16-/t17-,21+/m1/s1. The quantitative estimate of drug-likeness (QED) is 0.205. The Balaban J connectivity index is 1.36. The fourth-order valence-electron chi connectivity index (χ4n) is 4.83. The van der Waals surface area contributed by atoms with Crippen LogP contribution in [0, 0.1) is 0 Å². The van der Waals surface area contributed by atoms with E-state index in [9.17, 15) is 19.5 Å². The van der Waals surface area contributed by atoms with Crippen molar-refractivity contribution >= 4 is 51.7 Å². The van der Waals surface area contributed by atoms with Crippen molar-refractivity contribution in [3.8, 4) is 0 Å². The summed E-state index contributed by atoms with van der Waals surface area (Å²) >= 11 is 2.57. The molecule has 1 saturated heterocycles. The van der Waals surface area contributed by atoms with Gasteiger partial charge in [-0.25, -0.2) is 9.78 Å². The molecular weight excluding hydrogens is 504 g/mol. The first-order valence-electron chi connectivity index (χ1n) is 11.4. The summed E-state index contributed by atoms with van der Waals surface area (Å²) in [5.41, 5.74) is 8.96. The summed E-state index contributed by atoms with van der Waals surface area (Å²) < 4.78 is 2.10. The van der Waals surface area contributed by atoms with Crippen LogP contribution in [-0.2, 0) is 38.6 Å². The van der Waals surface area contributed by atoms with Gasteiger partial charge in [0.15, 0.2) is 29.3 Å². The van der Waals surface area contributed by atoms with Crippen molar-refractivity contribution in [2.75, 3.05) is 18.6 Å². The van der Waals surface area contributed by atoms with Gasteiger partial charge in [-0.05, 0) is 25.3 Å². The lowest BCUT2D eigenvalue weighted by Crippen LogP contribution is -2.71. The number of hydrogen-bond acceptors (Lipinski definition) is 9. The molecule has 4 heterocycles. The highest BCUT2D eigenvalue weighted by atomic mass is 32.2. The maximum atomic E-state index is 13.1. The van der Waals surface area contributed by atoms with E-state index in [-0.39, 0.29) is 22.2 Å². The van der Waals surface area contributed by atoms with E-state index in [1.54, 1.807) is 5.38 Å². The third-order valence-corrected chi connectivity index (χ3v) is 8.46. The topological polar surface area (TPSA) is 151 Å². The number of carbonyl (C=O) groups is 3. The number of anilines is 1. The molecule has 188 valence electrons. The maximum Gasteiger partial charge on any atom is 0.352 e. The van der Waals surface area contributed by atoms with Crippen LogP contribution in [0.3, 0.4) is 0 Å². The average Bonchev–Trinajstić information content (AvgIpc) is 3.31. The first kappa shape index (κ1) is 24.3. The minimum Gasteiger partial charge on any atom is -0.477 e. The summed E-state index contributed by atoms with van der Waals surface area (Å²) in [6, 6.07) is 3.21. The van der Waals surface area contributed by atoms with Crippen molar-refractivity contribution in [3.05, 3.63) is 51.9 Å². The normalized spacial score (nSPS) is 21.4. The lowest BCUT2D eigenvalue weighted by Gasteiger charge is -2.49. The van der Waals surface area contributed by atoms with Gasteiger partial charge in [-0.1, -0.05) is 5.16 Å². The van der Waals surface area contributed by atoms with E-state index in [4.69, 9.17) is 10.6 Å². The zero-order valence-electron chi connectivity index (χ0n) is 19.5. The molecule has 4 N–H and O–H groups in total. The zero-order valence-corrected chi connectivity index (χ0v) is 21.1. The van der Waals surface area contributed by atoms with Gasteiger partial charge < -0.3 is 21.0 Å². The molecule has 2 amide bonds. The second kappa shape index (κ2) is 9.90. The Kier molecular flexibility index (Phi) is 6.67. The molecule has 2 aromatic rings. The van der Waals surface area contributed by atoms with Crippen LogP contribution in [0.4, 0.5) is 5.13 Å². The van der Waals surface area contributed by atoms with E-state index in [0.717, 1.165) is 37.0 Å². The first-order chi connectivity index (χ1) is 17.4. The number of fused-ring (bicyclic) bond motifs is 2. The minimum absolute atomic E-state index is 0.00628. The van der Waals surface area contributed by atoms with Crippen LogP contribution in [0.5, 0.6) is 0 Å². The number of aryl methyl sites for hydroxylation is 1. The predicted octanol–water partition coefficient (Wildman–Crippen LogP) is 0.681. The molecule has 0 aromatic carbocycles. The van der Waals surface area contributed by atoms with Crippen LogP contribution in [0.15, 0.2) is 40.1 Å². The summed E-state index contributed by atoms with van der Waals surface area (Å²) in [4.78, 5) is 48.4. The number of nitrogens with zero attached hydrogens (tertiary/aromatic N) is 4. The second-order valence-corrected chi connectivity index (χ2v) is 10.6. The van der Waals surface area contributed by atoms with Crippen LogP contribution in [-0.4, -0.2) is 62.8 Å². The number of carboxylic acids is 1. The highest BCUT2D eigenvalue weighted by molar-refractivity contribution is 8.00. The highest BCUT2D eigenvalue weighted by Crippen LogP contribution is 2.40. The molecule has 5 rings (SSSR count). The number of thioether (sulfide) groups is 1. The fraction of sp³-hybridized carbons (Fsp3) is 0.391. The van der Waals surface area contributed by atoms with E-state index in [2.05, 4.69) is 26.1 Å². The maximum absolute atomic E-state index is 13.1. The fourth-order valence-corrected chi connectivity index (χ4v) is 6.72. The van der Waals surface area contributed by atoms with E-state index < -0.39 is 29.2 Å². The van der Waals surface area contributed by atoms with Crippen LogP contribution >= 0.6 is 23.1 Å². The van der Waals surface area contributed by atoms with Gasteiger partial charge >= 0.3 is 5.97 Å². The van der Waals surface area contributed by atoms with Gasteiger partial charge in [0, 0.05) is 34.8 Å². The van der Waals surface area contributed by atoms with Crippen molar-refractivity contribution in [2.45, 2.75) is 43.6 Å². The van der Waals surface area contributed by atoms with Gasteiger partial charge in [-0.3, -0.25) is 14.5 Å². The monoisotopic (exact) mass is 529 g/mol. The molecule has 0 spiro atoms. The SMILES string of the molecule is CO/N=C(\C(=O)N[C@@H]1C(=O)N2C(C(=O)O)=C(C[n+]3cccc4c3CCCC4)CS[C@@H]12)c1csc(N)n1. The number of nitrogen functional groups attached to an aromatic ring is 1. The smallest absolute Gasteiger partial charge is 0.352 e. The predicted molar refractivity (Wildman–Crippen MR) is 133 cm³/mol. The van der Waals surface area contributed by atoms with Gasteiger partial charge in [0.25, 0.3) is 11.8 Å². The van der Waals surface area contributed by atoms with Crippen LogP contribution in [0.2, 0.25) is 0 Å². The summed E-state index contributed by atoms with van der Waals surface area (Å²) in [6.45, 7) is 0.404. The van der Waals surface area contributed by atoms with Crippen molar-refractivity contribution in [2.24, 2.45) is 5.16 Å².